The van der Waals surface area contributed by atoms with E-state index in [9.17, 15) is 4.79 Å². The largest absolute Gasteiger partial charge is 0.383 e. The second-order valence-corrected chi connectivity index (χ2v) is 7.96. The van der Waals surface area contributed by atoms with Crippen molar-refractivity contribution in [2.24, 2.45) is 0 Å². The van der Waals surface area contributed by atoms with Crippen LogP contribution in [0.4, 0.5) is 5.82 Å². The summed E-state index contributed by atoms with van der Waals surface area (Å²) in [4.78, 5) is 20.5. The van der Waals surface area contributed by atoms with Crippen molar-refractivity contribution in [3.05, 3.63) is 42.2 Å². The fraction of sp³-hybridized carbons (Fsp3) is 0.348. The number of H-pyrrole nitrogens is 2. The molecule has 154 valence electrons. The first-order valence-electron chi connectivity index (χ1n) is 10.5. The highest BCUT2D eigenvalue weighted by Gasteiger charge is 2.21. The molecule has 30 heavy (non-hydrogen) atoms. The molecule has 0 radical (unpaired) electrons. The Labute approximate surface area is 174 Å². The normalized spacial score (nSPS) is 17.0. The SMILES string of the molecule is Nc1nc2cc(-c3ccn[nH]3)ccc2c2[nH]c(CCCC(=O)C3CCCCO3)cc12. The number of nitrogen functional groups attached to an aromatic ring is 1. The number of nitrogens with one attached hydrogen (secondary N) is 2. The zero-order valence-corrected chi connectivity index (χ0v) is 16.8. The number of aromatic amines is 2. The number of nitrogens with zero attached hydrogens (tertiary/aromatic N) is 2. The summed E-state index contributed by atoms with van der Waals surface area (Å²) >= 11 is 0. The lowest BCUT2D eigenvalue weighted by Crippen LogP contribution is -2.28. The maximum atomic E-state index is 12.3. The van der Waals surface area contributed by atoms with Gasteiger partial charge in [0, 0.05) is 41.3 Å². The number of anilines is 1. The summed E-state index contributed by atoms with van der Waals surface area (Å²) < 4.78 is 5.60. The van der Waals surface area contributed by atoms with E-state index in [2.05, 4.69) is 38.4 Å². The van der Waals surface area contributed by atoms with Crippen LogP contribution >= 0.6 is 0 Å². The van der Waals surface area contributed by atoms with Crippen molar-refractivity contribution >= 4 is 33.4 Å². The molecule has 5 rings (SSSR count). The van der Waals surface area contributed by atoms with Crippen LogP contribution in [0.3, 0.4) is 0 Å². The van der Waals surface area contributed by atoms with Gasteiger partial charge in [0.2, 0.25) is 0 Å². The molecule has 7 nitrogen and oxygen atoms in total. The summed E-state index contributed by atoms with van der Waals surface area (Å²) in [5.74, 6) is 0.734. The molecule has 1 aliphatic rings. The number of benzene rings is 1. The average Bonchev–Trinajstić information content (AvgIpc) is 3.45. The molecule has 1 aromatic carbocycles. The van der Waals surface area contributed by atoms with E-state index in [1.54, 1.807) is 6.20 Å². The van der Waals surface area contributed by atoms with Crippen LogP contribution in [0.2, 0.25) is 0 Å². The molecular weight excluding hydrogens is 378 g/mol. The van der Waals surface area contributed by atoms with Gasteiger partial charge in [-0.25, -0.2) is 4.98 Å². The number of Topliss-reactive ketones (excluding diaryl/α,β-unsaturated/α-hetero) is 1. The third-order valence-electron chi connectivity index (χ3n) is 5.88. The van der Waals surface area contributed by atoms with E-state index in [1.807, 2.05) is 12.1 Å². The number of fused-ring (bicyclic) bond motifs is 3. The van der Waals surface area contributed by atoms with Crippen molar-refractivity contribution < 1.29 is 9.53 Å². The third-order valence-corrected chi connectivity index (χ3v) is 5.88. The minimum Gasteiger partial charge on any atom is -0.383 e. The van der Waals surface area contributed by atoms with Gasteiger partial charge in [0.15, 0.2) is 5.78 Å². The predicted molar refractivity (Wildman–Crippen MR) is 117 cm³/mol. The zero-order valence-electron chi connectivity index (χ0n) is 16.8. The summed E-state index contributed by atoms with van der Waals surface area (Å²) in [5, 5.41) is 8.94. The van der Waals surface area contributed by atoms with Gasteiger partial charge in [-0.3, -0.25) is 9.89 Å². The first-order chi connectivity index (χ1) is 14.7. The number of pyridine rings is 1. The lowest BCUT2D eigenvalue weighted by Gasteiger charge is -2.21. The second kappa shape index (κ2) is 7.91. The van der Waals surface area contributed by atoms with Crippen molar-refractivity contribution in [3.63, 3.8) is 0 Å². The first-order valence-corrected chi connectivity index (χ1v) is 10.5. The molecule has 0 spiro atoms. The molecule has 7 heteroatoms. The van der Waals surface area contributed by atoms with Crippen molar-refractivity contribution in [2.45, 2.75) is 44.6 Å². The predicted octanol–water partition coefficient (Wildman–Crippen LogP) is 4.15. The number of hydrogen-bond acceptors (Lipinski definition) is 5. The highest BCUT2D eigenvalue weighted by Crippen LogP contribution is 2.31. The van der Waals surface area contributed by atoms with E-state index in [4.69, 9.17) is 10.5 Å². The summed E-state index contributed by atoms with van der Waals surface area (Å²) in [7, 11) is 0. The minimum atomic E-state index is -0.200. The number of aromatic nitrogens is 4. The zero-order chi connectivity index (χ0) is 20.5. The van der Waals surface area contributed by atoms with Gasteiger partial charge >= 0.3 is 0 Å². The smallest absolute Gasteiger partial charge is 0.161 e. The molecule has 1 unspecified atom stereocenters. The first kappa shape index (κ1) is 18.8. The van der Waals surface area contributed by atoms with Crippen LogP contribution in [-0.4, -0.2) is 38.7 Å². The number of aryl methyl sites for hydroxylation is 1. The van der Waals surface area contributed by atoms with Crippen LogP contribution in [0.1, 0.15) is 37.8 Å². The van der Waals surface area contributed by atoms with Gasteiger partial charge in [0.25, 0.3) is 0 Å². The maximum absolute atomic E-state index is 12.3. The number of carbonyl (C=O) groups is 1. The number of hydrogen-bond donors (Lipinski definition) is 3. The summed E-state index contributed by atoms with van der Waals surface area (Å²) in [6, 6.07) is 10.1. The van der Waals surface area contributed by atoms with Crippen LogP contribution in [0.25, 0.3) is 33.1 Å². The van der Waals surface area contributed by atoms with Crippen LogP contribution in [0.15, 0.2) is 36.5 Å². The molecule has 0 saturated carbocycles. The van der Waals surface area contributed by atoms with Crippen molar-refractivity contribution in [1.29, 1.82) is 0 Å². The van der Waals surface area contributed by atoms with Gasteiger partial charge in [-0.15, -0.1) is 0 Å². The van der Waals surface area contributed by atoms with Gasteiger partial charge in [0.1, 0.15) is 11.9 Å². The van der Waals surface area contributed by atoms with Crippen molar-refractivity contribution in [1.82, 2.24) is 20.2 Å². The lowest BCUT2D eigenvalue weighted by molar-refractivity contribution is -0.133. The Morgan fingerprint density at radius 2 is 2.13 bits per heavy atom. The standard InChI is InChI=1S/C23H25N5O2/c24-23-17-13-15(4-3-5-20(29)21-6-1-2-11-30-21)26-22(17)16-8-7-14(12-19(16)27-23)18-9-10-25-28-18/h7-10,12-13,21,26H,1-6,11H2,(H2,24,27)(H,25,28). The fourth-order valence-corrected chi connectivity index (χ4v) is 4.28. The summed E-state index contributed by atoms with van der Waals surface area (Å²) in [6.45, 7) is 0.708. The number of nitrogens with two attached hydrogens (primary N) is 1. The molecule has 3 aromatic heterocycles. The highest BCUT2D eigenvalue weighted by atomic mass is 16.5. The molecule has 1 saturated heterocycles. The van der Waals surface area contributed by atoms with Crippen molar-refractivity contribution in [2.75, 3.05) is 12.3 Å². The average molecular weight is 403 g/mol. The van der Waals surface area contributed by atoms with Crippen LogP contribution in [0, 0.1) is 0 Å². The molecule has 4 N–H and O–H groups in total. The molecule has 1 atom stereocenters. The van der Waals surface area contributed by atoms with E-state index < -0.39 is 0 Å². The molecule has 0 bridgehead atoms. The van der Waals surface area contributed by atoms with Gasteiger partial charge in [-0.1, -0.05) is 12.1 Å². The van der Waals surface area contributed by atoms with Crippen molar-refractivity contribution in [3.8, 4) is 11.3 Å². The van der Waals surface area contributed by atoms with Gasteiger partial charge < -0.3 is 15.5 Å². The molecular formula is C23H25N5O2. The number of ketones is 1. The highest BCUT2D eigenvalue weighted by molar-refractivity contribution is 6.08. The Hall–Kier alpha value is -3.19. The summed E-state index contributed by atoms with van der Waals surface area (Å²) in [6.07, 6.45) is 6.66. The minimum absolute atomic E-state index is 0.200. The van der Waals surface area contributed by atoms with E-state index >= 15 is 0 Å². The summed E-state index contributed by atoms with van der Waals surface area (Å²) in [5.41, 5.74) is 11.1. The molecule has 0 aliphatic carbocycles. The van der Waals surface area contributed by atoms with Gasteiger partial charge in [0.05, 0.1) is 16.7 Å². The third kappa shape index (κ3) is 3.57. The van der Waals surface area contributed by atoms with Crippen LogP contribution in [0.5, 0.6) is 0 Å². The van der Waals surface area contributed by atoms with Crippen LogP contribution in [-0.2, 0) is 16.0 Å². The molecule has 4 aromatic rings. The lowest BCUT2D eigenvalue weighted by atomic mass is 10.0. The van der Waals surface area contributed by atoms with Gasteiger partial charge in [-0.2, -0.15) is 5.10 Å². The Bertz CT molecular complexity index is 1190. The molecule has 4 heterocycles. The maximum Gasteiger partial charge on any atom is 0.161 e. The Morgan fingerprint density at radius 1 is 1.20 bits per heavy atom. The van der Waals surface area contributed by atoms with E-state index in [0.29, 0.717) is 18.8 Å². The topological polar surface area (TPSA) is 110 Å². The Morgan fingerprint density at radius 3 is 2.93 bits per heavy atom. The van der Waals surface area contributed by atoms with E-state index in [0.717, 1.165) is 70.9 Å². The van der Waals surface area contributed by atoms with Gasteiger partial charge in [-0.05, 0) is 50.3 Å². The molecule has 1 aliphatic heterocycles. The van der Waals surface area contributed by atoms with E-state index in [-0.39, 0.29) is 11.9 Å². The molecule has 1 fully saturated rings. The van der Waals surface area contributed by atoms with Crippen LogP contribution < -0.4 is 5.73 Å². The fourth-order valence-electron chi connectivity index (χ4n) is 4.28. The Balaban J connectivity index is 1.36. The Kier molecular flexibility index (Phi) is 4.96. The monoisotopic (exact) mass is 403 g/mol. The number of ether oxygens (including phenoxy) is 1. The number of rotatable bonds is 6. The second-order valence-electron chi connectivity index (χ2n) is 7.96. The van der Waals surface area contributed by atoms with E-state index in [1.165, 1.54) is 0 Å². The number of carbonyl (C=O) groups excluding carboxylic acids is 1. The quantitative estimate of drug-likeness (QED) is 0.448. The molecule has 0 amide bonds.